The topological polar surface area (TPSA) is 49.3 Å². The van der Waals surface area contributed by atoms with Crippen LogP contribution in [0.1, 0.15) is 18.4 Å². The predicted octanol–water partition coefficient (Wildman–Crippen LogP) is 3.74. The van der Waals surface area contributed by atoms with Crippen LogP contribution in [0.25, 0.3) is 0 Å². The maximum Gasteiger partial charge on any atom is 0.416 e. The van der Waals surface area contributed by atoms with E-state index in [1.807, 2.05) is 0 Å². The van der Waals surface area contributed by atoms with Gasteiger partial charge in [-0.3, -0.25) is 4.79 Å². The zero-order valence-corrected chi connectivity index (χ0v) is 11.3. The molecule has 0 amide bonds. The molecule has 0 radical (unpaired) electrons. The highest BCUT2D eigenvalue weighted by molar-refractivity contribution is 9.10. The summed E-state index contributed by atoms with van der Waals surface area (Å²) in [6.45, 7) is 0. The van der Waals surface area contributed by atoms with Crippen molar-refractivity contribution in [2.75, 3.05) is 5.32 Å². The summed E-state index contributed by atoms with van der Waals surface area (Å²) in [4.78, 5) is 10.8. The fraction of sp³-hybridized carbons (Fsp3) is 0.417. The second kappa shape index (κ2) is 5.03. The van der Waals surface area contributed by atoms with Crippen LogP contribution < -0.4 is 5.32 Å². The first-order chi connectivity index (χ1) is 8.77. The Morgan fingerprint density at radius 2 is 2.00 bits per heavy atom. The first kappa shape index (κ1) is 14.2. The van der Waals surface area contributed by atoms with Crippen LogP contribution in [0.5, 0.6) is 0 Å². The molecule has 2 N–H and O–H groups in total. The van der Waals surface area contributed by atoms with Crippen molar-refractivity contribution in [2.24, 2.45) is 5.92 Å². The number of hydrogen-bond donors (Lipinski definition) is 2. The molecule has 0 heterocycles. The Kier molecular flexibility index (Phi) is 3.75. The number of anilines is 1. The fourth-order valence-electron chi connectivity index (χ4n) is 2.02. The highest BCUT2D eigenvalue weighted by atomic mass is 79.9. The largest absolute Gasteiger partial charge is 0.481 e. The van der Waals surface area contributed by atoms with Gasteiger partial charge in [0.15, 0.2) is 0 Å². The van der Waals surface area contributed by atoms with E-state index in [2.05, 4.69) is 21.2 Å². The molecule has 2 atom stereocenters. The highest BCUT2D eigenvalue weighted by Crippen LogP contribution is 2.36. The van der Waals surface area contributed by atoms with Crippen LogP contribution in [0.3, 0.4) is 0 Å². The SMILES string of the molecule is O=C(O)C1CCC1Nc1cc(Br)cc(C(F)(F)F)c1. The van der Waals surface area contributed by atoms with Gasteiger partial charge in [-0.05, 0) is 31.0 Å². The third-order valence-corrected chi connectivity index (χ3v) is 3.63. The molecule has 2 rings (SSSR count). The molecule has 2 unspecified atom stereocenters. The van der Waals surface area contributed by atoms with E-state index >= 15 is 0 Å². The van der Waals surface area contributed by atoms with Crippen molar-refractivity contribution < 1.29 is 23.1 Å². The van der Waals surface area contributed by atoms with E-state index in [1.165, 1.54) is 6.07 Å². The van der Waals surface area contributed by atoms with Crippen LogP contribution in [0.2, 0.25) is 0 Å². The normalized spacial score (nSPS) is 22.7. The number of hydrogen-bond acceptors (Lipinski definition) is 2. The van der Waals surface area contributed by atoms with Gasteiger partial charge in [-0.2, -0.15) is 13.2 Å². The lowest BCUT2D eigenvalue weighted by molar-refractivity contribution is -0.145. The van der Waals surface area contributed by atoms with Crippen LogP contribution in [0.15, 0.2) is 22.7 Å². The third kappa shape index (κ3) is 3.20. The predicted molar refractivity (Wildman–Crippen MR) is 66.9 cm³/mol. The first-order valence-corrected chi connectivity index (χ1v) is 6.44. The standard InChI is InChI=1S/C12H11BrF3NO2/c13-7-3-6(12(14,15)16)4-8(5-7)17-10-2-1-9(10)11(18)19/h3-5,9-10,17H,1-2H2,(H,18,19). The van der Waals surface area contributed by atoms with Crippen molar-refractivity contribution in [1.82, 2.24) is 0 Å². The van der Waals surface area contributed by atoms with Crippen LogP contribution in [-0.2, 0) is 11.0 Å². The number of carboxylic acid groups (broad SMARTS) is 1. The van der Waals surface area contributed by atoms with Crippen molar-refractivity contribution in [2.45, 2.75) is 25.1 Å². The lowest BCUT2D eigenvalue weighted by Crippen LogP contribution is -2.43. The maximum absolute atomic E-state index is 12.6. The number of aliphatic carboxylic acids is 1. The molecule has 104 valence electrons. The van der Waals surface area contributed by atoms with Gasteiger partial charge >= 0.3 is 12.1 Å². The van der Waals surface area contributed by atoms with Gasteiger partial charge in [0, 0.05) is 16.2 Å². The average Bonchev–Trinajstić information content (AvgIpc) is 2.21. The minimum absolute atomic E-state index is 0.276. The molecule has 1 fully saturated rings. The second-order valence-corrected chi connectivity index (χ2v) is 5.41. The molecule has 1 aromatic carbocycles. The highest BCUT2D eigenvalue weighted by Gasteiger charge is 2.37. The van der Waals surface area contributed by atoms with Gasteiger partial charge in [0.25, 0.3) is 0 Å². The van der Waals surface area contributed by atoms with E-state index < -0.39 is 23.6 Å². The van der Waals surface area contributed by atoms with Crippen LogP contribution in [-0.4, -0.2) is 17.1 Å². The number of nitrogens with one attached hydrogen (secondary N) is 1. The average molecular weight is 338 g/mol. The van der Waals surface area contributed by atoms with Crippen LogP contribution >= 0.6 is 15.9 Å². The monoisotopic (exact) mass is 337 g/mol. The van der Waals surface area contributed by atoms with Gasteiger partial charge < -0.3 is 10.4 Å². The minimum Gasteiger partial charge on any atom is -0.481 e. The van der Waals surface area contributed by atoms with Crippen molar-refractivity contribution >= 4 is 27.6 Å². The Balaban J connectivity index is 2.17. The Labute approximate surface area is 115 Å². The molecular weight excluding hydrogens is 327 g/mol. The molecule has 0 bridgehead atoms. The molecule has 0 saturated heterocycles. The van der Waals surface area contributed by atoms with Crippen molar-refractivity contribution in [3.05, 3.63) is 28.2 Å². The van der Waals surface area contributed by atoms with Gasteiger partial charge in [0.1, 0.15) is 0 Å². The van der Waals surface area contributed by atoms with Gasteiger partial charge in [-0.15, -0.1) is 0 Å². The van der Waals surface area contributed by atoms with Gasteiger partial charge in [-0.1, -0.05) is 15.9 Å². The summed E-state index contributed by atoms with van der Waals surface area (Å²) in [5, 5.41) is 11.7. The molecule has 0 aromatic heterocycles. The number of benzene rings is 1. The van der Waals surface area contributed by atoms with Gasteiger partial charge in [0.2, 0.25) is 0 Å². The molecule has 1 aromatic rings. The Morgan fingerprint density at radius 3 is 2.47 bits per heavy atom. The van der Waals surface area contributed by atoms with E-state index in [-0.39, 0.29) is 11.7 Å². The van der Waals surface area contributed by atoms with Crippen LogP contribution in [0.4, 0.5) is 18.9 Å². The summed E-state index contributed by atoms with van der Waals surface area (Å²) < 4.78 is 38.2. The van der Waals surface area contributed by atoms with Crippen LogP contribution in [0, 0.1) is 5.92 Å². The number of halogens is 4. The molecule has 19 heavy (non-hydrogen) atoms. The number of rotatable bonds is 3. The summed E-state index contributed by atoms with van der Waals surface area (Å²) in [6.07, 6.45) is -3.23. The minimum atomic E-state index is -4.42. The Hall–Kier alpha value is -1.24. The number of carbonyl (C=O) groups is 1. The molecule has 1 aliphatic carbocycles. The molecule has 1 aliphatic rings. The van der Waals surface area contributed by atoms with E-state index in [0.717, 1.165) is 12.1 Å². The molecular formula is C12H11BrF3NO2. The van der Waals surface area contributed by atoms with Gasteiger partial charge in [-0.25, -0.2) is 0 Å². The molecule has 7 heteroatoms. The zero-order valence-electron chi connectivity index (χ0n) is 9.67. The summed E-state index contributed by atoms with van der Waals surface area (Å²) >= 11 is 3.02. The Bertz CT molecular complexity index is 504. The third-order valence-electron chi connectivity index (χ3n) is 3.17. The smallest absolute Gasteiger partial charge is 0.416 e. The second-order valence-electron chi connectivity index (χ2n) is 4.50. The molecule has 1 saturated carbocycles. The van der Waals surface area contributed by atoms with E-state index in [4.69, 9.17) is 5.11 Å². The van der Waals surface area contributed by atoms with E-state index in [1.54, 1.807) is 0 Å². The first-order valence-electron chi connectivity index (χ1n) is 5.64. The quantitative estimate of drug-likeness (QED) is 0.883. The number of alkyl halides is 3. The summed E-state index contributed by atoms with van der Waals surface area (Å²) in [7, 11) is 0. The van der Waals surface area contributed by atoms with Crippen molar-refractivity contribution in [3.8, 4) is 0 Å². The molecule has 0 spiro atoms. The lowest BCUT2D eigenvalue weighted by Gasteiger charge is -2.34. The lowest BCUT2D eigenvalue weighted by atomic mass is 9.79. The maximum atomic E-state index is 12.6. The van der Waals surface area contributed by atoms with E-state index in [9.17, 15) is 18.0 Å². The molecule has 0 aliphatic heterocycles. The van der Waals surface area contributed by atoms with Crippen molar-refractivity contribution in [1.29, 1.82) is 0 Å². The molecule has 3 nitrogen and oxygen atoms in total. The summed E-state index contributed by atoms with van der Waals surface area (Å²) in [6, 6.07) is 3.17. The van der Waals surface area contributed by atoms with Crippen molar-refractivity contribution in [3.63, 3.8) is 0 Å². The summed E-state index contributed by atoms with van der Waals surface area (Å²) in [5.41, 5.74) is -0.492. The van der Waals surface area contributed by atoms with E-state index in [0.29, 0.717) is 17.3 Å². The fourth-order valence-corrected chi connectivity index (χ4v) is 2.51. The summed E-state index contributed by atoms with van der Waals surface area (Å²) in [5.74, 6) is -1.46. The zero-order chi connectivity index (χ0) is 14.2. The van der Waals surface area contributed by atoms with Gasteiger partial charge in [0.05, 0.1) is 11.5 Å². The Morgan fingerprint density at radius 1 is 1.32 bits per heavy atom. The number of carboxylic acids is 1.